The van der Waals surface area contributed by atoms with Crippen molar-refractivity contribution in [3.05, 3.63) is 90.0 Å². The number of hydrogen-bond acceptors (Lipinski definition) is 6. The van der Waals surface area contributed by atoms with Gasteiger partial charge in [-0.1, -0.05) is 30.3 Å². The van der Waals surface area contributed by atoms with Gasteiger partial charge in [-0.15, -0.1) is 0 Å². The fourth-order valence-electron chi connectivity index (χ4n) is 2.53. The fourth-order valence-corrected chi connectivity index (χ4v) is 2.53. The van der Waals surface area contributed by atoms with Crippen LogP contribution in [0, 0.1) is 0 Å². The van der Waals surface area contributed by atoms with Gasteiger partial charge in [0.05, 0.1) is 6.21 Å². The molecule has 0 fully saturated rings. The average molecular weight is 434 g/mol. The predicted octanol–water partition coefficient (Wildman–Crippen LogP) is 3.26. The minimum atomic E-state index is -1.05. The molecule has 2 N–H and O–H groups in total. The first-order chi connectivity index (χ1) is 15.6. The Morgan fingerprint density at radius 1 is 0.781 bits per heavy atom. The Balaban J connectivity index is 1.37. The summed E-state index contributed by atoms with van der Waals surface area (Å²) < 4.78 is 16.2. The number of ether oxygens (including phenoxy) is 3. The van der Waals surface area contributed by atoms with E-state index in [4.69, 9.17) is 19.3 Å². The van der Waals surface area contributed by atoms with E-state index in [9.17, 15) is 9.59 Å². The van der Waals surface area contributed by atoms with Crippen molar-refractivity contribution in [2.45, 2.75) is 6.61 Å². The largest absolute Gasteiger partial charge is 0.489 e. The number of nitrogens with one attached hydrogen (secondary N) is 1. The molecule has 0 spiro atoms. The van der Waals surface area contributed by atoms with E-state index in [-0.39, 0.29) is 6.61 Å². The van der Waals surface area contributed by atoms with Crippen LogP contribution in [0.1, 0.15) is 11.1 Å². The van der Waals surface area contributed by atoms with E-state index in [1.54, 1.807) is 48.5 Å². The van der Waals surface area contributed by atoms with Gasteiger partial charge in [0.25, 0.3) is 5.91 Å². The molecular formula is C24H22N2O6. The van der Waals surface area contributed by atoms with Gasteiger partial charge >= 0.3 is 5.97 Å². The molecule has 8 nitrogen and oxygen atoms in total. The molecule has 164 valence electrons. The lowest BCUT2D eigenvalue weighted by atomic mass is 10.2. The standard InChI is InChI=1S/C24H22N2O6/c27-23(26-25-14-18-6-8-20(9-7-18)32-17-24(28)29)16-31-22-12-10-21(11-13-22)30-15-19-4-2-1-3-5-19/h1-14H,15-17H2,(H,26,27)(H,28,29). The molecule has 0 saturated heterocycles. The maximum Gasteiger partial charge on any atom is 0.341 e. The third kappa shape index (κ3) is 7.83. The molecule has 0 radical (unpaired) electrons. The number of rotatable bonds is 11. The summed E-state index contributed by atoms with van der Waals surface area (Å²) in [6.45, 7) is -0.129. The Labute approximate surface area is 185 Å². The van der Waals surface area contributed by atoms with E-state index in [2.05, 4.69) is 10.5 Å². The van der Waals surface area contributed by atoms with Crippen molar-refractivity contribution in [3.8, 4) is 17.2 Å². The number of carbonyl (C=O) groups is 2. The molecule has 0 aliphatic rings. The van der Waals surface area contributed by atoms with E-state index in [1.807, 2.05) is 30.3 Å². The van der Waals surface area contributed by atoms with Crippen LogP contribution >= 0.6 is 0 Å². The van der Waals surface area contributed by atoms with Crippen molar-refractivity contribution in [3.63, 3.8) is 0 Å². The molecule has 0 aliphatic heterocycles. The quantitative estimate of drug-likeness (QED) is 0.354. The van der Waals surface area contributed by atoms with Crippen LogP contribution in [0.3, 0.4) is 0 Å². The van der Waals surface area contributed by atoms with Gasteiger partial charge in [-0.05, 0) is 59.7 Å². The van der Waals surface area contributed by atoms with Crippen molar-refractivity contribution in [1.29, 1.82) is 0 Å². The summed E-state index contributed by atoms with van der Waals surface area (Å²) in [6.07, 6.45) is 1.46. The first kappa shape index (κ1) is 22.4. The van der Waals surface area contributed by atoms with Gasteiger partial charge in [0.2, 0.25) is 0 Å². The molecule has 0 saturated carbocycles. The van der Waals surface area contributed by atoms with E-state index in [0.29, 0.717) is 29.4 Å². The first-order valence-electron chi connectivity index (χ1n) is 9.74. The summed E-state index contributed by atoms with van der Waals surface area (Å²) in [4.78, 5) is 22.4. The number of hydrogen-bond donors (Lipinski definition) is 2. The molecule has 0 heterocycles. The topological polar surface area (TPSA) is 106 Å². The highest BCUT2D eigenvalue weighted by Crippen LogP contribution is 2.18. The highest BCUT2D eigenvalue weighted by molar-refractivity contribution is 5.83. The number of benzene rings is 3. The second-order valence-electron chi connectivity index (χ2n) is 6.58. The minimum Gasteiger partial charge on any atom is -0.489 e. The number of nitrogens with zero attached hydrogens (tertiary/aromatic N) is 1. The number of carbonyl (C=O) groups excluding carboxylic acids is 1. The summed E-state index contributed by atoms with van der Waals surface area (Å²) in [7, 11) is 0. The van der Waals surface area contributed by atoms with E-state index < -0.39 is 18.5 Å². The average Bonchev–Trinajstić information content (AvgIpc) is 2.82. The molecular weight excluding hydrogens is 412 g/mol. The Hall–Kier alpha value is -4.33. The van der Waals surface area contributed by atoms with Gasteiger partial charge in [0, 0.05) is 0 Å². The molecule has 1 amide bonds. The number of aliphatic carboxylic acids is 1. The molecule has 8 heteroatoms. The van der Waals surface area contributed by atoms with Gasteiger partial charge in [-0.3, -0.25) is 4.79 Å². The first-order valence-corrected chi connectivity index (χ1v) is 9.74. The van der Waals surface area contributed by atoms with Crippen LogP contribution in [0.25, 0.3) is 0 Å². The molecule has 0 atom stereocenters. The van der Waals surface area contributed by atoms with Gasteiger partial charge in [-0.2, -0.15) is 5.10 Å². The van der Waals surface area contributed by atoms with Gasteiger partial charge in [0.15, 0.2) is 13.2 Å². The Morgan fingerprint density at radius 3 is 1.97 bits per heavy atom. The summed E-state index contributed by atoms with van der Waals surface area (Å²) in [5, 5.41) is 12.5. The SMILES string of the molecule is O=C(O)COc1ccc(C=NNC(=O)COc2ccc(OCc3ccccc3)cc2)cc1. The van der Waals surface area contributed by atoms with Gasteiger partial charge in [-0.25, -0.2) is 10.2 Å². The van der Waals surface area contributed by atoms with Crippen LogP contribution in [0.15, 0.2) is 84.0 Å². The van der Waals surface area contributed by atoms with Crippen LogP contribution in [-0.2, 0) is 16.2 Å². The predicted molar refractivity (Wildman–Crippen MR) is 118 cm³/mol. The van der Waals surface area contributed by atoms with Crippen molar-refractivity contribution in [2.24, 2.45) is 5.10 Å². The molecule has 3 aromatic carbocycles. The number of carboxylic acid groups (broad SMARTS) is 1. The van der Waals surface area contributed by atoms with Crippen molar-refractivity contribution >= 4 is 18.1 Å². The van der Waals surface area contributed by atoms with E-state index in [1.165, 1.54) is 6.21 Å². The summed E-state index contributed by atoms with van der Waals surface area (Å²) in [5.41, 5.74) is 4.16. The maximum atomic E-state index is 11.9. The molecule has 0 aromatic heterocycles. The minimum absolute atomic E-state index is 0.191. The third-order valence-electron chi connectivity index (χ3n) is 4.09. The second kappa shape index (κ2) is 11.8. The molecule has 3 aromatic rings. The monoisotopic (exact) mass is 434 g/mol. The van der Waals surface area contributed by atoms with Crippen molar-refractivity contribution in [1.82, 2.24) is 5.43 Å². The molecule has 32 heavy (non-hydrogen) atoms. The number of amides is 1. The van der Waals surface area contributed by atoms with E-state index in [0.717, 1.165) is 5.56 Å². The number of carboxylic acids is 1. The lowest BCUT2D eigenvalue weighted by Gasteiger charge is -2.08. The lowest BCUT2D eigenvalue weighted by Crippen LogP contribution is -2.24. The lowest BCUT2D eigenvalue weighted by molar-refractivity contribution is -0.139. The highest BCUT2D eigenvalue weighted by Gasteiger charge is 2.03. The van der Waals surface area contributed by atoms with Crippen molar-refractivity contribution < 1.29 is 28.9 Å². The van der Waals surface area contributed by atoms with E-state index >= 15 is 0 Å². The van der Waals surface area contributed by atoms with Crippen LogP contribution in [0.4, 0.5) is 0 Å². The van der Waals surface area contributed by atoms with Crippen LogP contribution < -0.4 is 19.6 Å². The zero-order valence-corrected chi connectivity index (χ0v) is 17.1. The Bertz CT molecular complexity index is 1030. The zero-order chi connectivity index (χ0) is 22.6. The van der Waals surface area contributed by atoms with Crippen molar-refractivity contribution in [2.75, 3.05) is 13.2 Å². The third-order valence-corrected chi connectivity index (χ3v) is 4.09. The van der Waals surface area contributed by atoms with Gasteiger partial charge in [0.1, 0.15) is 23.9 Å². The smallest absolute Gasteiger partial charge is 0.341 e. The van der Waals surface area contributed by atoms with Gasteiger partial charge < -0.3 is 19.3 Å². The molecule has 0 aliphatic carbocycles. The fraction of sp³-hybridized carbons (Fsp3) is 0.125. The summed E-state index contributed by atoms with van der Waals surface area (Å²) in [6, 6.07) is 23.5. The summed E-state index contributed by atoms with van der Waals surface area (Å²) in [5.74, 6) is 0.209. The molecule has 3 rings (SSSR count). The van der Waals surface area contributed by atoms with Crippen LogP contribution in [-0.4, -0.2) is 36.4 Å². The zero-order valence-electron chi connectivity index (χ0n) is 17.1. The van der Waals surface area contributed by atoms with Crippen LogP contribution in [0.5, 0.6) is 17.2 Å². The Kier molecular flexibility index (Phi) is 8.21. The Morgan fingerprint density at radius 2 is 1.34 bits per heavy atom. The number of hydrazone groups is 1. The van der Waals surface area contributed by atoms with Crippen LogP contribution in [0.2, 0.25) is 0 Å². The molecule has 0 bridgehead atoms. The highest BCUT2D eigenvalue weighted by atomic mass is 16.5. The second-order valence-corrected chi connectivity index (χ2v) is 6.58. The maximum absolute atomic E-state index is 11.9. The summed E-state index contributed by atoms with van der Waals surface area (Å²) >= 11 is 0. The molecule has 0 unspecified atom stereocenters. The normalized spacial score (nSPS) is 10.5.